The van der Waals surface area contributed by atoms with Gasteiger partial charge in [0.2, 0.25) is 11.8 Å². The van der Waals surface area contributed by atoms with Gasteiger partial charge >= 0.3 is 0 Å². The maximum absolute atomic E-state index is 15.5. The van der Waals surface area contributed by atoms with E-state index < -0.39 is 35.5 Å². The van der Waals surface area contributed by atoms with E-state index >= 15 is 4.39 Å². The first-order valence-corrected chi connectivity index (χ1v) is 21.6. The van der Waals surface area contributed by atoms with Gasteiger partial charge in [-0.15, -0.1) is 0 Å². The second-order valence-corrected chi connectivity index (χ2v) is 16.9. The Morgan fingerprint density at radius 3 is 2.39 bits per heavy atom. The smallest absolute Gasteiger partial charge is 0.262 e. The van der Waals surface area contributed by atoms with Crippen LogP contribution >= 0.6 is 0 Å². The number of rotatable bonds is 10. The van der Waals surface area contributed by atoms with Crippen molar-refractivity contribution in [2.75, 3.05) is 55.6 Å². The number of carbonyl (C=O) groups excluding carboxylic acids is 5. The summed E-state index contributed by atoms with van der Waals surface area (Å²) in [7, 11) is 0. The van der Waals surface area contributed by atoms with Crippen molar-refractivity contribution < 1.29 is 33.1 Å². The Balaban J connectivity index is 0.697. The van der Waals surface area contributed by atoms with Gasteiger partial charge in [-0.3, -0.25) is 44.1 Å². The molecule has 15 nitrogen and oxygen atoms in total. The molecule has 4 fully saturated rings. The van der Waals surface area contributed by atoms with Crippen molar-refractivity contribution in [1.82, 2.24) is 30.4 Å². The molecule has 62 heavy (non-hydrogen) atoms. The second kappa shape index (κ2) is 17.5. The molecule has 9 rings (SSSR count). The number of nitrogens with zero attached hydrogens (tertiary/aromatic N) is 7. The maximum atomic E-state index is 15.5. The van der Waals surface area contributed by atoms with Crippen molar-refractivity contribution >= 4 is 51.9 Å². The van der Waals surface area contributed by atoms with Crippen LogP contribution in [0.15, 0.2) is 60.9 Å². The predicted octanol–water partition coefficient (Wildman–Crippen LogP) is 4.59. The number of hydrogen-bond donors (Lipinski definition) is 2. The lowest BCUT2D eigenvalue weighted by Crippen LogP contribution is -2.54. The van der Waals surface area contributed by atoms with E-state index in [1.54, 1.807) is 24.4 Å². The number of hydrogen-bond acceptors (Lipinski definition) is 12. The largest absolute Gasteiger partial charge is 0.490 e. The molecular formula is C46H48FN9O6. The van der Waals surface area contributed by atoms with Crippen LogP contribution in [0.2, 0.25) is 0 Å². The highest BCUT2D eigenvalue weighted by Gasteiger charge is 2.45. The quantitative estimate of drug-likeness (QED) is 0.213. The molecule has 2 N–H and O–H groups in total. The average molecular weight is 842 g/mol. The van der Waals surface area contributed by atoms with Crippen LogP contribution in [0.5, 0.6) is 5.75 Å². The van der Waals surface area contributed by atoms with E-state index in [2.05, 4.69) is 36.5 Å². The molecule has 16 heteroatoms. The van der Waals surface area contributed by atoms with E-state index in [4.69, 9.17) is 4.74 Å². The molecule has 320 valence electrons. The zero-order valence-electron chi connectivity index (χ0n) is 34.4. The zero-order chi connectivity index (χ0) is 42.9. The number of imide groups is 2. The Hall–Kier alpha value is -6.47. The number of carbonyl (C=O) groups is 5. The van der Waals surface area contributed by atoms with Crippen LogP contribution in [0.4, 0.5) is 15.9 Å². The average Bonchev–Trinajstić information content (AvgIpc) is 3.54. The van der Waals surface area contributed by atoms with Crippen LogP contribution in [0.3, 0.4) is 0 Å². The molecule has 6 heterocycles. The molecule has 1 aliphatic carbocycles. The summed E-state index contributed by atoms with van der Waals surface area (Å²) in [6.45, 7) is 5.57. The van der Waals surface area contributed by atoms with Gasteiger partial charge in [-0.2, -0.15) is 5.26 Å². The number of fused-ring (bicyclic) bond motifs is 2. The Kier molecular flexibility index (Phi) is 11.5. The fourth-order valence-corrected chi connectivity index (χ4v) is 9.58. The summed E-state index contributed by atoms with van der Waals surface area (Å²) in [6.07, 6.45) is 9.11. The third-order valence-corrected chi connectivity index (χ3v) is 13.2. The number of piperidine rings is 2. The van der Waals surface area contributed by atoms with Gasteiger partial charge in [0.25, 0.3) is 17.7 Å². The number of halogens is 1. The number of benzene rings is 2. The zero-order valence-corrected chi connectivity index (χ0v) is 34.4. The van der Waals surface area contributed by atoms with Crippen molar-refractivity contribution in [1.29, 1.82) is 5.26 Å². The number of anilines is 2. The summed E-state index contributed by atoms with van der Waals surface area (Å²) in [5.41, 5.74) is 2.74. The molecule has 0 spiro atoms. The molecule has 2 aromatic heterocycles. The Morgan fingerprint density at radius 1 is 0.871 bits per heavy atom. The number of amides is 5. The molecule has 4 aromatic rings. The Labute approximate surface area is 358 Å². The molecule has 1 atom stereocenters. The molecule has 3 saturated heterocycles. The van der Waals surface area contributed by atoms with Crippen molar-refractivity contribution in [2.24, 2.45) is 5.92 Å². The Bertz CT molecular complexity index is 2470. The highest BCUT2D eigenvalue weighted by atomic mass is 19.1. The van der Waals surface area contributed by atoms with E-state index in [1.165, 1.54) is 12.3 Å². The molecule has 2 aromatic carbocycles. The van der Waals surface area contributed by atoms with Gasteiger partial charge in [-0.25, -0.2) is 9.37 Å². The van der Waals surface area contributed by atoms with Gasteiger partial charge < -0.3 is 19.9 Å². The fourth-order valence-electron chi connectivity index (χ4n) is 9.58. The van der Waals surface area contributed by atoms with Crippen LogP contribution in [-0.2, 0) is 9.59 Å². The standard InChI is InChI=1S/C46H48FN9O6/c47-37-24-30(43(58)51-31-4-7-33(8-5-31)62-39-11-3-29(26-48)41-35(39)2-1-16-49-41)27-50-42(37)55-18-14-28(15-19-55)13-17-53-20-22-54(23-21-53)32-6-9-34-36(25-32)46(61)56(45(34)60)38-10-12-40(57)52-44(38)59/h1-3,6,9,11,16,24-25,27-28,31,33,38H,4-5,7-8,10,12-15,17-23H2,(H,51,58)(H,52,57,59)/t31-,33-,38?. The number of nitrogens with one attached hydrogen (secondary N) is 2. The monoisotopic (exact) mass is 841 g/mol. The lowest BCUT2D eigenvalue weighted by molar-refractivity contribution is -0.136. The molecule has 1 unspecified atom stereocenters. The second-order valence-electron chi connectivity index (χ2n) is 16.9. The van der Waals surface area contributed by atoms with Crippen molar-refractivity contribution in [3.8, 4) is 11.8 Å². The number of ether oxygens (including phenoxy) is 1. The van der Waals surface area contributed by atoms with Gasteiger partial charge in [0.15, 0.2) is 11.6 Å². The summed E-state index contributed by atoms with van der Waals surface area (Å²) >= 11 is 0. The minimum Gasteiger partial charge on any atom is -0.490 e. The predicted molar refractivity (Wildman–Crippen MR) is 226 cm³/mol. The minimum absolute atomic E-state index is 0.0322. The summed E-state index contributed by atoms with van der Waals surface area (Å²) in [5, 5.41) is 15.5. The molecular weight excluding hydrogens is 794 g/mol. The first kappa shape index (κ1) is 40.9. The van der Waals surface area contributed by atoms with E-state index in [9.17, 15) is 29.2 Å². The summed E-state index contributed by atoms with van der Waals surface area (Å²) in [4.78, 5) is 80.0. The SMILES string of the molecule is N#Cc1ccc(O[C@H]2CC[C@H](NC(=O)c3cnc(N4CCC(CCN5CCN(c6ccc7c(c6)C(=O)N(C6CCC(=O)NC6=O)C7=O)CC5)CC4)c(F)c3)CC2)c2cccnc12. The van der Waals surface area contributed by atoms with E-state index in [0.29, 0.717) is 35.8 Å². The summed E-state index contributed by atoms with van der Waals surface area (Å²) in [5.74, 6) is -1.40. The van der Waals surface area contributed by atoms with E-state index in [-0.39, 0.29) is 53.4 Å². The third kappa shape index (κ3) is 8.28. The van der Waals surface area contributed by atoms with Gasteiger partial charge in [0.05, 0.1) is 33.9 Å². The van der Waals surface area contributed by atoms with E-state index in [1.807, 2.05) is 29.2 Å². The lowest BCUT2D eigenvalue weighted by atomic mass is 9.92. The molecule has 4 aliphatic heterocycles. The van der Waals surface area contributed by atoms with Crippen LogP contribution in [0.1, 0.15) is 94.4 Å². The normalized spacial score (nSPS) is 22.4. The number of aromatic nitrogens is 2. The van der Waals surface area contributed by atoms with Crippen molar-refractivity contribution in [2.45, 2.75) is 76.0 Å². The molecule has 0 radical (unpaired) electrons. The Morgan fingerprint density at radius 2 is 1.65 bits per heavy atom. The molecule has 5 aliphatic rings. The minimum atomic E-state index is -0.988. The van der Waals surface area contributed by atoms with Gasteiger partial charge in [0, 0.05) is 75.2 Å². The molecule has 1 saturated carbocycles. The van der Waals surface area contributed by atoms with Crippen LogP contribution in [-0.4, -0.2) is 113 Å². The highest BCUT2D eigenvalue weighted by Crippen LogP contribution is 2.33. The van der Waals surface area contributed by atoms with Gasteiger partial charge in [-0.05, 0) is 112 Å². The van der Waals surface area contributed by atoms with Gasteiger partial charge in [-0.1, -0.05) is 0 Å². The number of pyridine rings is 2. The van der Waals surface area contributed by atoms with E-state index in [0.717, 1.165) is 93.6 Å². The number of piperazine rings is 1. The van der Waals surface area contributed by atoms with Crippen molar-refractivity contribution in [3.05, 3.63) is 89.0 Å². The first-order valence-electron chi connectivity index (χ1n) is 21.6. The summed E-state index contributed by atoms with van der Waals surface area (Å²) in [6, 6.07) is 15.0. The molecule has 0 bridgehead atoms. The highest BCUT2D eigenvalue weighted by molar-refractivity contribution is 6.23. The topological polar surface area (TPSA) is 181 Å². The summed E-state index contributed by atoms with van der Waals surface area (Å²) < 4.78 is 21.8. The molecule has 5 amide bonds. The van der Waals surface area contributed by atoms with Crippen LogP contribution in [0, 0.1) is 23.1 Å². The first-order chi connectivity index (χ1) is 30.1. The maximum Gasteiger partial charge on any atom is 0.262 e. The fraction of sp³-hybridized carbons (Fsp3) is 0.435. The van der Waals surface area contributed by atoms with Gasteiger partial charge in [0.1, 0.15) is 17.9 Å². The van der Waals surface area contributed by atoms with Crippen LogP contribution < -0.4 is 25.2 Å². The lowest BCUT2D eigenvalue weighted by Gasteiger charge is -2.38. The number of nitriles is 1. The van der Waals surface area contributed by atoms with Crippen molar-refractivity contribution in [3.63, 3.8) is 0 Å². The third-order valence-electron chi connectivity index (χ3n) is 13.2. The van der Waals surface area contributed by atoms with Crippen LogP contribution in [0.25, 0.3) is 10.9 Å².